The van der Waals surface area contributed by atoms with Gasteiger partial charge in [0, 0.05) is 24.9 Å². The van der Waals surface area contributed by atoms with E-state index in [1.54, 1.807) is 18.5 Å². The number of rotatable bonds is 5. The first-order valence-electron chi connectivity index (χ1n) is 5.06. The predicted molar refractivity (Wildman–Crippen MR) is 61.0 cm³/mol. The number of hydrogen-bond acceptors (Lipinski definition) is 5. The van der Waals surface area contributed by atoms with Gasteiger partial charge in [0.1, 0.15) is 11.7 Å². The van der Waals surface area contributed by atoms with Gasteiger partial charge in [-0.15, -0.1) is 0 Å². The second kappa shape index (κ2) is 6.02. The third-order valence-corrected chi connectivity index (χ3v) is 2.40. The molecule has 88 valence electrons. The number of amidine groups is 1. The van der Waals surface area contributed by atoms with E-state index in [9.17, 15) is 0 Å². The van der Waals surface area contributed by atoms with Gasteiger partial charge in [-0.1, -0.05) is 5.16 Å². The van der Waals surface area contributed by atoms with Crippen molar-refractivity contribution in [3.8, 4) is 0 Å². The smallest absolute Gasteiger partial charge is 0.142 e. The molecule has 3 N–H and O–H groups in total. The molecule has 1 atom stereocenters. The van der Waals surface area contributed by atoms with Crippen LogP contribution in [-0.2, 0) is 6.54 Å². The normalized spacial score (nSPS) is 14.1. The van der Waals surface area contributed by atoms with Gasteiger partial charge >= 0.3 is 0 Å². The average molecular weight is 223 g/mol. The van der Waals surface area contributed by atoms with Crippen LogP contribution in [0.3, 0.4) is 0 Å². The molecule has 6 heteroatoms. The zero-order valence-electron chi connectivity index (χ0n) is 9.54. The third kappa shape index (κ3) is 3.82. The standard InChI is InChI=1S/C10H17N5O/c1-8(6-9(11)14-16)15(2)7-10-12-4-3-5-13-10/h3-5,8,16H,6-7H2,1-2H3,(H2,11,14). The molecule has 1 unspecified atom stereocenters. The van der Waals surface area contributed by atoms with E-state index in [0.717, 1.165) is 5.82 Å². The molecule has 1 rings (SSSR count). The molecule has 0 aliphatic rings. The Morgan fingerprint density at radius 2 is 2.19 bits per heavy atom. The second-order valence-electron chi connectivity index (χ2n) is 3.72. The maximum Gasteiger partial charge on any atom is 0.142 e. The van der Waals surface area contributed by atoms with Crippen LogP contribution in [0.4, 0.5) is 0 Å². The molecule has 0 aliphatic carbocycles. The summed E-state index contributed by atoms with van der Waals surface area (Å²) in [7, 11) is 1.95. The lowest BCUT2D eigenvalue weighted by atomic mass is 10.2. The molecule has 1 heterocycles. The Hall–Kier alpha value is -1.69. The third-order valence-electron chi connectivity index (χ3n) is 2.40. The first-order chi connectivity index (χ1) is 7.63. The summed E-state index contributed by atoms with van der Waals surface area (Å²) in [6.45, 7) is 2.64. The van der Waals surface area contributed by atoms with Crippen molar-refractivity contribution in [1.29, 1.82) is 0 Å². The van der Waals surface area contributed by atoms with Gasteiger partial charge in [0.25, 0.3) is 0 Å². The Kier molecular flexibility index (Phi) is 4.65. The largest absolute Gasteiger partial charge is 0.409 e. The second-order valence-corrected chi connectivity index (χ2v) is 3.72. The molecule has 0 aliphatic heterocycles. The van der Waals surface area contributed by atoms with Gasteiger partial charge in [0.2, 0.25) is 0 Å². The Balaban J connectivity index is 2.49. The van der Waals surface area contributed by atoms with E-state index in [0.29, 0.717) is 13.0 Å². The Morgan fingerprint density at radius 1 is 1.56 bits per heavy atom. The quantitative estimate of drug-likeness (QED) is 0.327. The van der Waals surface area contributed by atoms with Gasteiger partial charge in [-0.2, -0.15) is 0 Å². The lowest BCUT2D eigenvalue weighted by Crippen LogP contribution is -2.33. The summed E-state index contributed by atoms with van der Waals surface area (Å²) in [6, 6.07) is 1.95. The molecule has 0 spiro atoms. The van der Waals surface area contributed by atoms with Crippen molar-refractivity contribution >= 4 is 5.84 Å². The van der Waals surface area contributed by atoms with Crippen LogP contribution < -0.4 is 5.73 Å². The van der Waals surface area contributed by atoms with Crippen LogP contribution in [0.15, 0.2) is 23.6 Å². The van der Waals surface area contributed by atoms with Gasteiger partial charge in [0.05, 0.1) is 6.54 Å². The van der Waals surface area contributed by atoms with Crippen LogP contribution in [-0.4, -0.2) is 39.0 Å². The average Bonchev–Trinajstić information content (AvgIpc) is 2.30. The van der Waals surface area contributed by atoms with Crippen molar-refractivity contribution in [2.45, 2.75) is 25.9 Å². The van der Waals surface area contributed by atoms with Crippen LogP contribution in [0, 0.1) is 0 Å². The van der Waals surface area contributed by atoms with Crippen LogP contribution in [0.5, 0.6) is 0 Å². The zero-order chi connectivity index (χ0) is 12.0. The van der Waals surface area contributed by atoms with Crippen LogP contribution >= 0.6 is 0 Å². The monoisotopic (exact) mass is 223 g/mol. The number of hydrogen-bond donors (Lipinski definition) is 2. The maximum atomic E-state index is 8.47. The molecule has 0 saturated carbocycles. The molecular weight excluding hydrogens is 206 g/mol. The van der Waals surface area contributed by atoms with Crippen LogP contribution in [0.1, 0.15) is 19.2 Å². The minimum Gasteiger partial charge on any atom is -0.409 e. The Morgan fingerprint density at radius 3 is 2.75 bits per heavy atom. The molecular formula is C10H17N5O. The highest BCUT2D eigenvalue weighted by atomic mass is 16.4. The summed E-state index contributed by atoms with van der Waals surface area (Å²) in [4.78, 5) is 10.3. The molecule has 0 aromatic carbocycles. The summed E-state index contributed by atoms with van der Waals surface area (Å²) in [5, 5.41) is 11.4. The van der Waals surface area contributed by atoms with Gasteiger partial charge in [-0.05, 0) is 20.0 Å². The Labute approximate surface area is 94.8 Å². The zero-order valence-corrected chi connectivity index (χ0v) is 9.54. The lowest BCUT2D eigenvalue weighted by molar-refractivity contribution is 0.245. The number of nitrogens with zero attached hydrogens (tertiary/aromatic N) is 4. The number of oxime groups is 1. The van der Waals surface area contributed by atoms with Crippen molar-refractivity contribution < 1.29 is 5.21 Å². The summed E-state index contributed by atoms with van der Waals surface area (Å²) < 4.78 is 0. The highest BCUT2D eigenvalue weighted by Crippen LogP contribution is 2.04. The first-order valence-corrected chi connectivity index (χ1v) is 5.06. The molecule has 0 amide bonds. The van der Waals surface area contributed by atoms with Crippen molar-refractivity contribution in [1.82, 2.24) is 14.9 Å². The van der Waals surface area contributed by atoms with Gasteiger partial charge in [-0.3, -0.25) is 4.90 Å². The highest BCUT2D eigenvalue weighted by Gasteiger charge is 2.12. The first kappa shape index (κ1) is 12.4. The fraction of sp³-hybridized carbons (Fsp3) is 0.500. The molecule has 1 aromatic rings. The lowest BCUT2D eigenvalue weighted by Gasteiger charge is -2.23. The van der Waals surface area contributed by atoms with Crippen LogP contribution in [0.2, 0.25) is 0 Å². The minimum absolute atomic E-state index is 0.166. The number of aromatic nitrogens is 2. The van der Waals surface area contributed by atoms with Gasteiger partial charge < -0.3 is 10.9 Å². The molecule has 1 aromatic heterocycles. The van der Waals surface area contributed by atoms with E-state index in [1.165, 1.54) is 0 Å². The number of nitrogens with two attached hydrogens (primary N) is 1. The summed E-state index contributed by atoms with van der Waals surface area (Å²) >= 11 is 0. The van der Waals surface area contributed by atoms with Crippen molar-refractivity contribution in [2.24, 2.45) is 10.9 Å². The van der Waals surface area contributed by atoms with E-state index < -0.39 is 0 Å². The van der Waals surface area contributed by atoms with E-state index in [1.807, 2.05) is 18.9 Å². The summed E-state index contributed by atoms with van der Waals surface area (Å²) in [5.74, 6) is 0.990. The molecule has 0 fully saturated rings. The minimum atomic E-state index is 0.166. The van der Waals surface area contributed by atoms with E-state index in [4.69, 9.17) is 10.9 Å². The Bertz CT molecular complexity index is 340. The van der Waals surface area contributed by atoms with E-state index in [-0.39, 0.29) is 11.9 Å². The predicted octanol–water partition coefficient (Wildman–Crippen LogP) is 0.433. The summed E-state index contributed by atoms with van der Waals surface area (Å²) in [5.41, 5.74) is 5.45. The molecule has 0 saturated heterocycles. The molecule has 16 heavy (non-hydrogen) atoms. The summed E-state index contributed by atoms with van der Waals surface area (Å²) in [6.07, 6.45) is 3.94. The van der Waals surface area contributed by atoms with Crippen LogP contribution in [0.25, 0.3) is 0 Å². The maximum absolute atomic E-state index is 8.47. The van der Waals surface area contributed by atoms with Crippen molar-refractivity contribution in [3.05, 3.63) is 24.3 Å². The van der Waals surface area contributed by atoms with Gasteiger partial charge in [0.15, 0.2) is 0 Å². The fourth-order valence-corrected chi connectivity index (χ4v) is 1.29. The van der Waals surface area contributed by atoms with Crippen molar-refractivity contribution in [3.63, 3.8) is 0 Å². The SMILES string of the molecule is CC(CC(N)=NO)N(C)Cc1ncccn1. The molecule has 0 bridgehead atoms. The van der Waals surface area contributed by atoms with Gasteiger partial charge in [-0.25, -0.2) is 9.97 Å². The fourth-order valence-electron chi connectivity index (χ4n) is 1.29. The molecule has 0 radical (unpaired) electrons. The topological polar surface area (TPSA) is 87.6 Å². The van der Waals surface area contributed by atoms with Crippen molar-refractivity contribution in [2.75, 3.05) is 7.05 Å². The van der Waals surface area contributed by atoms with E-state index >= 15 is 0 Å². The molecule has 6 nitrogen and oxygen atoms in total. The van der Waals surface area contributed by atoms with E-state index in [2.05, 4.69) is 15.1 Å². The highest BCUT2D eigenvalue weighted by molar-refractivity contribution is 5.80.